The van der Waals surface area contributed by atoms with Gasteiger partial charge in [0.25, 0.3) is 10.3 Å². The van der Waals surface area contributed by atoms with Crippen LogP contribution in [0.1, 0.15) is 16.7 Å². The first kappa shape index (κ1) is 21.9. The molecule has 3 aromatic carbocycles. The van der Waals surface area contributed by atoms with E-state index in [1.807, 2.05) is 86.6 Å². The molecule has 4 nitrogen and oxygen atoms in total. The molecule has 3 aromatic rings. The van der Waals surface area contributed by atoms with Crippen LogP contribution >= 0.6 is 24.4 Å². The highest BCUT2D eigenvalue weighted by atomic mass is 32.1. The molecule has 154 valence electrons. The lowest BCUT2D eigenvalue weighted by atomic mass is 10.1. The SMILES string of the molecule is Cc1ccc(OC(=S)N(C(=S)Oc2ccc(C)cc2)c2ccc(CCN)cc2)cc1. The minimum absolute atomic E-state index is 0.183. The van der Waals surface area contributed by atoms with E-state index < -0.39 is 0 Å². The molecule has 0 bridgehead atoms. The predicted molar refractivity (Wildman–Crippen MR) is 130 cm³/mol. The van der Waals surface area contributed by atoms with Crippen molar-refractivity contribution in [3.63, 3.8) is 0 Å². The average molecular weight is 437 g/mol. The van der Waals surface area contributed by atoms with Crippen LogP contribution < -0.4 is 20.1 Å². The summed E-state index contributed by atoms with van der Waals surface area (Å²) >= 11 is 11.2. The molecular weight excluding hydrogens is 412 g/mol. The highest BCUT2D eigenvalue weighted by Crippen LogP contribution is 2.22. The van der Waals surface area contributed by atoms with Crippen molar-refractivity contribution in [3.8, 4) is 11.5 Å². The van der Waals surface area contributed by atoms with Gasteiger partial charge in [-0.3, -0.25) is 0 Å². The van der Waals surface area contributed by atoms with Gasteiger partial charge in [-0.15, -0.1) is 0 Å². The highest BCUT2D eigenvalue weighted by molar-refractivity contribution is 7.82. The van der Waals surface area contributed by atoms with Gasteiger partial charge in [-0.25, -0.2) is 4.90 Å². The van der Waals surface area contributed by atoms with Crippen LogP contribution in [0, 0.1) is 13.8 Å². The number of benzene rings is 3. The van der Waals surface area contributed by atoms with E-state index in [0.29, 0.717) is 18.0 Å². The van der Waals surface area contributed by atoms with Gasteiger partial charge in [0.2, 0.25) is 0 Å². The van der Waals surface area contributed by atoms with E-state index in [2.05, 4.69) is 0 Å². The quantitative estimate of drug-likeness (QED) is 0.545. The summed E-state index contributed by atoms with van der Waals surface area (Å²) in [6.45, 7) is 4.62. The van der Waals surface area contributed by atoms with Crippen molar-refractivity contribution in [2.24, 2.45) is 5.73 Å². The summed E-state index contributed by atoms with van der Waals surface area (Å²) < 4.78 is 11.8. The maximum atomic E-state index is 5.91. The number of aryl methyl sites for hydroxylation is 2. The summed E-state index contributed by atoms with van der Waals surface area (Å²) in [7, 11) is 0. The molecule has 0 aliphatic heterocycles. The average Bonchev–Trinajstić information content (AvgIpc) is 2.73. The zero-order valence-electron chi connectivity index (χ0n) is 17.0. The fourth-order valence-corrected chi connectivity index (χ4v) is 3.40. The van der Waals surface area contributed by atoms with Crippen LogP contribution in [-0.2, 0) is 6.42 Å². The van der Waals surface area contributed by atoms with Crippen molar-refractivity contribution in [2.45, 2.75) is 20.3 Å². The van der Waals surface area contributed by atoms with Crippen molar-refractivity contribution < 1.29 is 9.47 Å². The number of hydrogen-bond acceptors (Lipinski definition) is 5. The minimum atomic E-state index is 0.183. The molecule has 0 heterocycles. The Morgan fingerprint density at radius 1 is 0.733 bits per heavy atom. The lowest BCUT2D eigenvalue weighted by molar-refractivity contribution is 0.530. The van der Waals surface area contributed by atoms with Gasteiger partial charge in [-0.2, -0.15) is 0 Å². The summed E-state index contributed by atoms with van der Waals surface area (Å²) in [5, 5.41) is 0.366. The van der Waals surface area contributed by atoms with Gasteiger partial charge < -0.3 is 15.2 Å². The Balaban J connectivity index is 1.86. The van der Waals surface area contributed by atoms with E-state index in [0.717, 1.165) is 28.8 Å². The summed E-state index contributed by atoms with van der Waals surface area (Å²) in [4.78, 5) is 1.61. The number of hydrogen-bond donors (Lipinski definition) is 1. The van der Waals surface area contributed by atoms with Crippen LogP contribution in [0.25, 0.3) is 0 Å². The molecule has 0 amide bonds. The second-order valence-corrected chi connectivity index (χ2v) is 7.60. The van der Waals surface area contributed by atoms with Gasteiger partial charge in [-0.05, 0) is 93.2 Å². The van der Waals surface area contributed by atoms with Crippen LogP contribution in [0.5, 0.6) is 11.5 Å². The summed E-state index contributed by atoms with van der Waals surface area (Å²) in [5.41, 5.74) is 9.82. The Morgan fingerprint density at radius 3 is 1.57 bits per heavy atom. The van der Waals surface area contributed by atoms with Gasteiger partial charge in [-0.1, -0.05) is 47.5 Å². The zero-order valence-corrected chi connectivity index (χ0v) is 18.6. The second kappa shape index (κ2) is 10.3. The first-order chi connectivity index (χ1) is 14.5. The highest BCUT2D eigenvalue weighted by Gasteiger charge is 2.21. The number of thiocarbonyl (C=S) groups is 2. The molecule has 30 heavy (non-hydrogen) atoms. The van der Waals surface area contributed by atoms with E-state index in [9.17, 15) is 0 Å². The monoisotopic (exact) mass is 436 g/mol. The molecule has 6 heteroatoms. The molecule has 0 saturated carbocycles. The zero-order chi connectivity index (χ0) is 21.5. The maximum absolute atomic E-state index is 5.91. The predicted octanol–water partition coefficient (Wildman–Crippen LogP) is 5.34. The molecule has 0 saturated heterocycles. The van der Waals surface area contributed by atoms with E-state index >= 15 is 0 Å². The van der Waals surface area contributed by atoms with Crippen LogP contribution in [0.2, 0.25) is 0 Å². The molecule has 0 aliphatic rings. The Labute approximate surface area is 188 Å². The molecular formula is C24H24N2O2S2. The van der Waals surface area contributed by atoms with Crippen LogP contribution in [-0.4, -0.2) is 16.9 Å². The first-order valence-electron chi connectivity index (χ1n) is 9.62. The lowest BCUT2D eigenvalue weighted by Crippen LogP contribution is -2.40. The number of nitrogens with zero attached hydrogens (tertiary/aromatic N) is 1. The maximum Gasteiger partial charge on any atom is 0.277 e. The Kier molecular flexibility index (Phi) is 7.52. The van der Waals surface area contributed by atoms with Gasteiger partial charge in [0.1, 0.15) is 11.5 Å². The Hall–Kier alpha value is -2.80. The van der Waals surface area contributed by atoms with Crippen molar-refractivity contribution in [3.05, 3.63) is 89.5 Å². The minimum Gasteiger partial charge on any atom is -0.431 e. The van der Waals surface area contributed by atoms with E-state index in [1.54, 1.807) is 4.90 Å². The topological polar surface area (TPSA) is 47.7 Å². The summed E-state index contributed by atoms with van der Waals surface area (Å²) in [5.74, 6) is 1.27. The molecule has 2 N–H and O–H groups in total. The van der Waals surface area contributed by atoms with E-state index in [4.69, 9.17) is 39.6 Å². The molecule has 0 atom stereocenters. The van der Waals surface area contributed by atoms with Gasteiger partial charge in [0.15, 0.2) is 0 Å². The fourth-order valence-electron chi connectivity index (χ4n) is 2.77. The number of anilines is 1. The molecule has 0 radical (unpaired) electrons. The van der Waals surface area contributed by atoms with Crippen molar-refractivity contribution in [1.29, 1.82) is 0 Å². The third-order valence-corrected chi connectivity index (χ3v) is 4.98. The normalized spacial score (nSPS) is 10.4. The Morgan fingerprint density at radius 2 is 1.17 bits per heavy atom. The Bertz CT molecular complexity index is 941. The number of rotatable bonds is 5. The van der Waals surface area contributed by atoms with Gasteiger partial charge in [0.05, 0.1) is 5.69 Å². The van der Waals surface area contributed by atoms with Gasteiger partial charge >= 0.3 is 0 Å². The standard InChI is InChI=1S/C24H24N2O2S2/c1-17-3-11-21(12-4-17)27-23(29)26(20-9-7-19(8-10-20)15-16-25)24(30)28-22-13-5-18(2)6-14-22/h3-14H,15-16,25H2,1-2H3. The van der Waals surface area contributed by atoms with Gasteiger partial charge in [0, 0.05) is 0 Å². The van der Waals surface area contributed by atoms with Crippen LogP contribution in [0.3, 0.4) is 0 Å². The molecule has 0 spiro atoms. The number of nitrogens with two attached hydrogens (primary N) is 1. The van der Waals surface area contributed by atoms with Crippen LogP contribution in [0.4, 0.5) is 5.69 Å². The molecule has 0 aliphatic carbocycles. The molecule has 0 aromatic heterocycles. The van der Waals surface area contributed by atoms with E-state index in [1.165, 1.54) is 0 Å². The van der Waals surface area contributed by atoms with Crippen molar-refractivity contribution >= 4 is 40.5 Å². The first-order valence-corrected chi connectivity index (χ1v) is 10.4. The van der Waals surface area contributed by atoms with Crippen molar-refractivity contribution in [1.82, 2.24) is 0 Å². The fraction of sp³-hybridized carbons (Fsp3) is 0.167. The largest absolute Gasteiger partial charge is 0.431 e. The van der Waals surface area contributed by atoms with E-state index in [-0.39, 0.29) is 10.3 Å². The summed E-state index contributed by atoms with van der Waals surface area (Å²) in [6.07, 6.45) is 0.801. The smallest absolute Gasteiger partial charge is 0.277 e. The molecule has 3 rings (SSSR count). The lowest BCUT2D eigenvalue weighted by Gasteiger charge is -2.25. The molecule has 0 unspecified atom stereocenters. The second-order valence-electron chi connectivity index (χ2n) is 6.90. The summed E-state index contributed by atoms with van der Waals surface area (Å²) in [6, 6.07) is 23.2. The third kappa shape index (κ3) is 5.86. The van der Waals surface area contributed by atoms with Crippen molar-refractivity contribution in [2.75, 3.05) is 11.4 Å². The number of ether oxygens (including phenoxy) is 2. The van der Waals surface area contributed by atoms with Crippen LogP contribution in [0.15, 0.2) is 72.8 Å². The molecule has 0 fully saturated rings. The third-order valence-electron chi connectivity index (χ3n) is 4.44.